The first-order valence-electron chi connectivity index (χ1n) is 7.52. The van der Waals surface area contributed by atoms with Crippen LogP contribution in [-0.4, -0.2) is 44.7 Å². The van der Waals surface area contributed by atoms with Crippen LogP contribution >= 0.6 is 15.9 Å². The Balaban J connectivity index is 2.21. The topological polar surface area (TPSA) is 18.5 Å². The summed E-state index contributed by atoms with van der Waals surface area (Å²) in [5.41, 5.74) is 2.80. The predicted octanol–water partition coefficient (Wildman–Crippen LogP) is 3.09. The van der Waals surface area contributed by atoms with Gasteiger partial charge in [0.15, 0.2) is 0 Å². The predicted molar refractivity (Wildman–Crippen MR) is 90.4 cm³/mol. The molecule has 0 radical (unpaired) electrons. The highest BCUT2D eigenvalue weighted by Crippen LogP contribution is 2.31. The van der Waals surface area contributed by atoms with Gasteiger partial charge in [0.2, 0.25) is 0 Å². The Morgan fingerprint density at radius 3 is 2.90 bits per heavy atom. The van der Waals surface area contributed by atoms with Gasteiger partial charge >= 0.3 is 0 Å². The minimum Gasteiger partial charge on any atom is -0.367 e. The maximum absolute atomic E-state index is 3.60. The fourth-order valence-electron chi connectivity index (χ4n) is 3.00. The lowest BCUT2D eigenvalue weighted by molar-refractivity contribution is 0.372. The second-order valence-corrected chi connectivity index (χ2v) is 6.72. The van der Waals surface area contributed by atoms with E-state index in [1.807, 2.05) is 0 Å². The molecular weight excluding hydrogens is 314 g/mol. The van der Waals surface area contributed by atoms with Gasteiger partial charge in [0.1, 0.15) is 0 Å². The summed E-state index contributed by atoms with van der Waals surface area (Å²) in [5, 5.41) is 3.45. The van der Waals surface area contributed by atoms with Gasteiger partial charge in [0, 0.05) is 35.8 Å². The average Bonchev–Trinajstić information content (AvgIpc) is 2.83. The van der Waals surface area contributed by atoms with E-state index in [0.717, 1.165) is 24.1 Å². The van der Waals surface area contributed by atoms with Crippen molar-refractivity contribution in [3.05, 3.63) is 28.2 Å². The van der Waals surface area contributed by atoms with Crippen LogP contribution in [0.25, 0.3) is 0 Å². The third-order valence-electron chi connectivity index (χ3n) is 3.87. The van der Waals surface area contributed by atoms with Gasteiger partial charge in [-0.1, -0.05) is 22.9 Å². The van der Waals surface area contributed by atoms with Crippen LogP contribution in [0.2, 0.25) is 0 Å². The first-order chi connectivity index (χ1) is 9.61. The number of likely N-dealkylation sites (N-methyl/N-ethyl adjacent to an activating group) is 1. The molecule has 1 aliphatic heterocycles. The highest BCUT2D eigenvalue weighted by molar-refractivity contribution is 9.10. The first-order valence-corrected chi connectivity index (χ1v) is 8.31. The number of nitrogens with one attached hydrogen (secondary N) is 1. The van der Waals surface area contributed by atoms with Crippen molar-refractivity contribution in [1.29, 1.82) is 0 Å². The van der Waals surface area contributed by atoms with E-state index in [0.29, 0.717) is 6.04 Å². The van der Waals surface area contributed by atoms with Gasteiger partial charge in [-0.05, 0) is 57.2 Å². The number of hydrogen-bond acceptors (Lipinski definition) is 3. The molecule has 0 saturated carbocycles. The molecule has 20 heavy (non-hydrogen) atoms. The van der Waals surface area contributed by atoms with Crippen molar-refractivity contribution in [2.45, 2.75) is 32.4 Å². The van der Waals surface area contributed by atoms with E-state index in [9.17, 15) is 0 Å². The summed E-state index contributed by atoms with van der Waals surface area (Å²) in [6.45, 7) is 6.42. The van der Waals surface area contributed by atoms with Crippen LogP contribution in [0, 0.1) is 0 Å². The zero-order valence-electron chi connectivity index (χ0n) is 12.8. The van der Waals surface area contributed by atoms with E-state index in [1.165, 1.54) is 30.6 Å². The minimum atomic E-state index is 0.645. The van der Waals surface area contributed by atoms with E-state index in [2.05, 4.69) is 70.3 Å². The molecule has 0 bridgehead atoms. The maximum Gasteiger partial charge on any atom is 0.0417 e. The van der Waals surface area contributed by atoms with E-state index in [-0.39, 0.29) is 0 Å². The van der Waals surface area contributed by atoms with Crippen molar-refractivity contribution in [3.8, 4) is 0 Å². The summed E-state index contributed by atoms with van der Waals surface area (Å²) in [6, 6.07) is 7.33. The molecule has 1 aromatic rings. The molecule has 1 aliphatic rings. The third kappa shape index (κ3) is 3.96. The first kappa shape index (κ1) is 15.8. The van der Waals surface area contributed by atoms with Gasteiger partial charge in [-0.15, -0.1) is 0 Å². The normalized spacial score (nSPS) is 19.1. The number of nitrogens with zero attached hydrogens (tertiary/aromatic N) is 2. The van der Waals surface area contributed by atoms with E-state index >= 15 is 0 Å². The van der Waals surface area contributed by atoms with Crippen LogP contribution in [0.1, 0.15) is 25.3 Å². The third-order valence-corrected chi connectivity index (χ3v) is 4.36. The Morgan fingerprint density at radius 1 is 1.40 bits per heavy atom. The van der Waals surface area contributed by atoms with Gasteiger partial charge in [0.05, 0.1) is 0 Å². The molecule has 1 fully saturated rings. The molecule has 4 heteroatoms. The van der Waals surface area contributed by atoms with Crippen molar-refractivity contribution in [3.63, 3.8) is 0 Å². The van der Waals surface area contributed by atoms with Crippen molar-refractivity contribution in [1.82, 2.24) is 10.2 Å². The number of benzene rings is 1. The number of halogens is 1. The van der Waals surface area contributed by atoms with E-state index in [4.69, 9.17) is 0 Å². The Bertz CT molecular complexity index is 434. The Morgan fingerprint density at radius 2 is 2.20 bits per heavy atom. The molecule has 1 saturated heterocycles. The average molecular weight is 340 g/mol. The van der Waals surface area contributed by atoms with E-state index < -0.39 is 0 Å². The van der Waals surface area contributed by atoms with Gasteiger partial charge in [0.25, 0.3) is 0 Å². The van der Waals surface area contributed by atoms with Crippen LogP contribution in [0.15, 0.2) is 22.7 Å². The van der Waals surface area contributed by atoms with Crippen LogP contribution in [-0.2, 0) is 6.54 Å². The summed E-state index contributed by atoms with van der Waals surface area (Å²) >= 11 is 3.60. The summed E-state index contributed by atoms with van der Waals surface area (Å²) in [6.07, 6.45) is 2.60. The largest absolute Gasteiger partial charge is 0.367 e. The standard InChI is InChI=1S/C16H26BrN3/c1-4-18-11-13-10-14(17)7-8-16(13)20-9-5-6-15(20)12-19(2)3/h7-8,10,15,18H,4-6,9,11-12H2,1-3H3. The molecule has 0 aliphatic carbocycles. The summed E-state index contributed by atoms with van der Waals surface area (Å²) in [4.78, 5) is 4.89. The van der Waals surface area contributed by atoms with Gasteiger partial charge in [-0.25, -0.2) is 0 Å². The van der Waals surface area contributed by atoms with Crippen molar-refractivity contribution >= 4 is 21.6 Å². The monoisotopic (exact) mass is 339 g/mol. The van der Waals surface area contributed by atoms with Gasteiger partial charge in [-0.3, -0.25) is 0 Å². The molecule has 3 nitrogen and oxygen atoms in total. The molecule has 1 aromatic carbocycles. The second kappa shape index (κ2) is 7.43. The zero-order valence-corrected chi connectivity index (χ0v) is 14.4. The lowest BCUT2D eigenvalue weighted by atomic mass is 10.1. The van der Waals surface area contributed by atoms with Crippen molar-refractivity contribution in [2.75, 3.05) is 38.6 Å². The fourth-order valence-corrected chi connectivity index (χ4v) is 3.41. The fraction of sp³-hybridized carbons (Fsp3) is 0.625. The molecule has 0 spiro atoms. The van der Waals surface area contributed by atoms with Crippen LogP contribution in [0.4, 0.5) is 5.69 Å². The Labute approximate surface area is 131 Å². The highest BCUT2D eigenvalue weighted by atomic mass is 79.9. The maximum atomic E-state index is 3.60. The van der Waals surface area contributed by atoms with Crippen molar-refractivity contribution in [2.24, 2.45) is 0 Å². The van der Waals surface area contributed by atoms with Gasteiger partial charge < -0.3 is 15.1 Å². The lowest BCUT2D eigenvalue weighted by Crippen LogP contribution is -2.38. The molecule has 1 N–H and O–H groups in total. The molecule has 1 heterocycles. The SMILES string of the molecule is CCNCc1cc(Br)ccc1N1CCCC1CN(C)C. The van der Waals surface area contributed by atoms with Gasteiger partial charge in [-0.2, -0.15) is 0 Å². The molecule has 1 atom stereocenters. The molecule has 112 valence electrons. The summed E-state index contributed by atoms with van der Waals surface area (Å²) in [5.74, 6) is 0. The Kier molecular flexibility index (Phi) is 5.87. The summed E-state index contributed by atoms with van der Waals surface area (Å²) in [7, 11) is 4.33. The molecule has 0 aromatic heterocycles. The van der Waals surface area contributed by atoms with Crippen molar-refractivity contribution < 1.29 is 0 Å². The van der Waals surface area contributed by atoms with Crippen LogP contribution < -0.4 is 10.2 Å². The molecular formula is C16H26BrN3. The Hall–Kier alpha value is -0.580. The van der Waals surface area contributed by atoms with Crippen LogP contribution in [0.3, 0.4) is 0 Å². The zero-order chi connectivity index (χ0) is 14.5. The molecule has 2 rings (SSSR count). The molecule has 1 unspecified atom stereocenters. The van der Waals surface area contributed by atoms with E-state index in [1.54, 1.807) is 0 Å². The smallest absolute Gasteiger partial charge is 0.0417 e. The lowest BCUT2D eigenvalue weighted by Gasteiger charge is -2.31. The second-order valence-electron chi connectivity index (χ2n) is 5.81. The number of rotatable bonds is 6. The summed E-state index contributed by atoms with van der Waals surface area (Å²) < 4.78 is 1.16. The van der Waals surface area contributed by atoms with Crippen LogP contribution in [0.5, 0.6) is 0 Å². The quantitative estimate of drug-likeness (QED) is 0.859. The number of anilines is 1. The number of hydrogen-bond donors (Lipinski definition) is 1. The highest BCUT2D eigenvalue weighted by Gasteiger charge is 2.26. The minimum absolute atomic E-state index is 0.645. The molecule has 0 amide bonds.